The molecule has 10 heteroatoms. The summed E-state index contributed by atoms with van der Waals surface area (Å²) in [6.45, 7) is 4.17. The number of alkyl halides is 3. The molecule has 4 rings (SSSR count). The number of rotatable bonds is 7. The van der Waals surface area contributed by atoms with Gasteiger partial charge < -0.3 is 10.6 Å². The van der Waals surface area contributed by atoms with Gasteiger partial charge in [0, 0.05) is 11.4 Å². The van der Waals surface area contributed by atoms with E-state index in [2.05, 4.69) is 24.5 Å². The van der Waals surface area contributed by atoms with E-state index in [4.69, 9.17) is 11.6 Å². The molecule has 0 atom stereocenters. The van der Waals surface area contributed by atoms with Crippen LogP contribution in [-0.2, 0) is 27.0 Å². The molecule has 196 valence electrons. The third-order valence-corrected chi connectivity index (χ3v) is 6.26. The van der Waals surface area contributed by atoms with E-state index in [0.717, 1.165) is 12.1 Å². The van der Waals surface area contributed by atoms with Crippen molar-refractivity contribution in [1.29, 1.82) is 0 Å². The number of amides is 3. The second kappa shape index (κ2) is 10.7. The molecule has 0 bridgehead atoms. The van der Waals surface area contributed by atoms with Crippen molar-refractivity contribution in [2.24, 2.45) is 0 Å². The summed E-state index contributed by atoms with van der Waals surface area (Å²) in [5.74, 6) is -1.64. The van der Waals surface area contributed by atoms with Gasteiger partial charge in [-0.2, -0.15) is 13.2 Å². The van der Waals surface area contributed by atoms with Crippen LogP contribution in [0.15, 0.2) is 83.5 Å². The Balaban J connectivity index is 1.41. The number of imide groups is 1. The maximum atomic E-state index is 13.1. The van der Waals surface area contributed by atoms with Crippen molar-refractivity contribution in [1.82, 2.24) is 0 Å². The standard InChI is InChI=1S/C28H23ClF3N3O3/c1-16(2)18-8-12-20(13-9-18)33-23(36)14-17-6-10-21(11-7-17)34-25-24(29)26(37)35(27(25)38)22-5-3-4-19(15-22)28(30,31)32/h3-13,15-16,34H,14H2,1-2H3,(H,33,36). The fraction of sp³-hybridized carbons (Fsp3) is 0.179. The van der Waals surface area contributed by atoms with Crippen molar-refractivity contribution in [3.63, 3.8) is 0 Å². The van der Waals surface area contributed by atoms with Gasteiger partial charge in [0.15, 0.2) is 0 Å². The third kappa shape index (κ3) is 5.89. The molecule has 1 heterocycles. The molecule has 0 fully saturated rings. The number of hydrogen-bond acceptors (Lipinski definition) is 4. The molecule has 0 aromatic heterocycles. The number of carbonyl (C=O) groups is 3. The Morgan fingerprint density at radius 2 is 1.55 bits per heavy atom. The summed E-state index contributed by atoms with van der Waals surface area (Å²) in [7, 11) is 0. The van der Waals surface area contributed by atoms with E-state index in [0.29, 0.717) is 33.8 Å². The van der Waals surface area contributed by atoms with E-state index in [9.17, 15) is 27.6 Å². The number of nitrogens with zero attached hydrogens (tertiary/aromatic N) is 1. The molecule has 0 saturated carbocycles. The van der Waals surface area contributed by atoms with E-state index < -0.39 is 28.6 Å². The van der Waals surface area contributed by atoms with Crippen molar-refractivity contribution in [3.05, 3.63) is 100 Å². The first kappa shape index (κ1) is 26.9. The number of nitrogens with one attached hydrogen (secondary N) is 2. The maximum Gasteiger partial charge on any atom is 0.416 e. The van der Waals surface area contributed by atoms with Gasteiger partial charge in [0.05, 0.1) is 17.7 Å². The number of carbonyl (C=O) groups excluding carboxylic acids is 3. The SMILES string of the molecule is CC(C)c1ccc(NC(=O)Cc2ccc(NC3=C(Cl)C(=O)N(c4cccc(C(F)(F)F)c4)C3=O)cc2)cc1. The molecule has 0 radical (unpaired) electrons. The summed E-state index contributed by atoms with van der Waals surface area (Å²) >= 11 is 6.08. The van der Waals surface area contributed by atoms with Crippen molar-refractivity contribution in [2.45, 2.75) is 32.4 Å². The first-order valence-electron chi connectivity index (χ1n) is 11.7. The zero-order chi connectivity index (χ0) is 27.6. The fourth-order valence-electron chi connectivity index (χ4n) is 3.86. The van der Waals surface area contributed by atoms with Gasteiger partial charge in [0.25, 0.3) is 11.8 Å². The molecule has 6 nitrogen and oxygen atoms in total. The molecule has 3 aromatic rings. The van der Waals surface area contributed by atoms with Crippen LogP contribution in [-0.4, -0.2) is 17.7 Å². The minimum absolute atomic E-state index is 0.108. The Hall–Kier alpha value is -4.11. The Kier molecular flexibility index (Phi) is 7.59. The van der Waals surface area contributed by atoms with Gasteiger partial charge in [0.1, 0.15) is 10.7 Å². The Morgan fingerprint density at radius 1 is 0.921 bits per heavy atom. The smallest absolute Gasteiger partial charge is 0.350 e. The second-order valence-electron chi connectivity index (χ2n) is 9.01. The molecule has 3 aromatic carbocycles. The van der Waals surface area contributed by atoms with Crippen LogP contribution >= 0.6 is 11.6 Å². The van der Waals surface area contributed by atoms with E-state index in [1.54, 1.807) is 24.3 Å². The summed E-state index contributed by atoms with van der Waals surface area (Å²) in [6.07, 6.45) is -4.53. The van der Waals surface area contributed by atoms with Gasteiger partial charge >= 0.3 is 6.18 Å². The van der Waals surface area contributed by atoms with E-state index in [-0.39, 0.29) is 23.7 Å². The van der Waals surface area contributed by atoms with Crippen LogP contribution in [0.3, 0.4) is 0 Å². The summed E-state index contributed by atoms with van der Waals surface area (Å²) in [6, 6.07) is 18.0. The monoisotopic (exact) mass is 541 g/mol. The minimum Gasteiger partial charge on any atom is -0.350 e. The lowest BCUT2D eigenvalue weighted by Gasteiger charge is -2.17. The maximum absolute atomic E-state index is 13.1. The predicted molar refractivity (Wildman–Crippen MR) is 140 cm³/mol. The molecule has 38 heavy (non-hydrogen) atoms. The molecular weight excluding hydrogens is 519 g/mol. The van der Waals surface area contributed by atoms with Crippen LogP contribution < -0.4 is 15.5 Å². The zero-order valence-corrected chi connectivity index (χ0v) is 21.2. The Labute approximate surface area is 222 Å². The average Bonchev–Trinajstić information content (AvgIpc) is 3.08. The van der Waals surface area contributed by atoms with Crippen LogP contribution in [0.5, 0.6) is 0 Å². The third-order valence-electron chi connectivity index (χ3n) is 5.91. The van der Waals surface area contributed by atoms with Gasteiger partial charge in [-0.3, -0.25) is 14.4 Å². The van der Waals surface area contributed by atoms with Crippen LogP contribution in [0.1, 0.15) is 36.5 Å². The lowest BCUT2D eigenvalue weighted by molar-refractivity contribution is -0.137. The molecule has 0 saturated heterocycles. The molecule has 0 unspecified atom stereocenters. The summed E-state index contributed by atoms with van der Waals surface area (Å²) in [5, 5.41) is 5.16. The number of hydrogen-bond donors (Lipinski definition) is 2. The first-order chi connectivity index (χ1) is 17.9. The van der Waals surface area contributed by atoms with Gasteiger partial charge in [-0.15, -0.1) is 0 Å². The van der Waals surface area contributed by atoms with Crippen LogP contribution in [0.2, 0.25) is 0 Å². The Morgan fingerprint density at radius 3 is 2.16 bits per heavy atom. The van der Waals surface area contributed by atoms with Crippen molar-refractivity contribution in [3.8, 4) is 0 Å². The van der Waals surface area contributed by atoms with E-state index in [1.807, 2.05) is 24.3 Å². The normalized spacial score (nSPS) is 13.9. The summed E-state index contributed by atoms with van der Waals surface area (Å²) in [4.78, 5) is 38.5. The fourth-order valence-corrected chi connectivity index (χ4v) is 4.07. The molecule has 0 spiro atoms. The van der Waals surface area contributed by atoms with E-state index in [1.165, 1.54) is 11.6 Å². The van der Waals surface area contributed by atoms with Crippen LogP contribution in [0.25, 0.3) is 0 Å². The molecule has 3 amide bonds. The summed E-state index contributed by atoms with van der Waals surface area (Å²) < 4.78 is 39.3. The molecule has 1 aliphatic rings. The van der Waals surface area contributed by atoms with Gasteiger partial charge in [0.2, 0.25) is 5.91 Å². The van der Waals surface area contributed by atoms with Crippen molar-refractivity contribution in [2.75, 3.05) is 15.5 Å². The number of halogens is 4. The number of benzene rings is 3. The highest BCUT2D eigenvalue weighted by atomic mass is 35.5. The van der Waals surface area contributed by atoms with Crippen molar-refractivity contribution < 1.29 is 27.6 Å². The molecule has 1 aliphatic heterocycles. The lowest BCUT2D eigenvalue weighted by atomic mass is 10.0. The molecule has 0 aliphatic carbocycles. The lowest BCUT2D eigenvalue weighted by Crippen LogP contribution is -2.32. The van der Waals surface area contributed by atoms with Crippen LogP contribution in [0.4, 0.5) is 30.2 Å². The largest absolute Gasteiger partial charge is 0.416 e. The van der Waals surface area contributed by atoms with Gasteiger partial charge in [-0.1, -0.05) is 55.8 Å². The van der Waals surface area contributed by atoms with Crippen molar-refractivity contribution >= 4 is 46.4 Å². The molecule has 2 N–H and O–H groups in total. The van der Waals surface area contributed by atoms with Gasteiger partial charge in [-0.05, 0) is 59.5 Å². The zero-order valence-electron chi connectivity index (χ0n) is 20.4. The van der Waals surface area contributed by atoms with Gasteiger partial charge in [-0.25, -0.2) is 4.90 Å². The predicted octanol–water partition coefficient (Wildman–Crippen LogP) is 6.45. The topological polar surface area (TPSA) is 78.5 Å². The van der Waals surface area contributed by atoms with E-state index >= 15 is 0 Å². The number of anilines is 3. The highest BCUT2D eigenvalue weighted by Crippen LogP contribution is 2.35. The Bertz CT molecular complexity index is 1420. The quantitative estimate of drug-likeness (QED) is 0.337. The minimum atomic E-state index is -4.64. The second-order valence-corrected chi connectivity index (χ2v) is 9.38. The summed E-state index contributed by atoms with van der Waals surface area (Å²) in [5.41, 5.74) is 1.45. The first-order valence-corrected chi connectivity index (χ1v) is 12.0. The average molecular weight is 542 g/mol. The van der Waals surface area contributed by atoms with Crippen LogP contribution in [0, 0.1) is 0 Å². The highest BCUT2D eigenvalue weighted by molar-refractivity contribution is 6.53. The molecular formula is C28H23ClF3N3O3. The highest BCUT2D eigenvalue weighted by Gasteiger charge is 2.40.